The van der Waals surface area contributed by atoms with Crippen LogP contribution in [0.15, 0.2) is 24.3 Å². The second-order valence-corrected chi connectivity index (χ2v) is 6.04. The summed E-state index contributed by atoms with van der Waals surface area (Å²) in [6.07, 6.45) is 0. The maximum atomic E-state index is 12.5. The Hall–Kier alpha value is -2.88. The minimum Gasteiger partial charge on any atom is -0.395 e. The fraction of sp³-hybridized carbons (Fsp3) is 0.368. The maximum Gasteiger partial charge on any atom is 0.267 e. The van der Waals surface area contributed by atoms with E-state index >= 15 is 0 Å². The molecule has 144 valence electrons. The number of benzene rings is 1. The molecule has 27 heavy (non-hydrogen) atoms. The van der Waals surface area contributed by atoms with Gasteiger partial charge in [-0.05, 0) is 50.0 Å². The van der Waals surface area contributed by atoms with Crippen molar-refractivity contribution in [2.24, 2.45) is 0 Å². The molecule has 0 radical (unpaired) electrons. The molecule has 0 fully saturated rings. The third-order valence-electron chi connectivity index (χ3n) is 3.65. The molecule has 0 saturated carbocycles. The van der Waals surface area contributed by atoms with Gasteiger partial charge in [0.1, 0.15) is 12.6 Å². The molecule has 6 N–H and O–H groups in total. The lowest BCUT2D eigenvalue weighted by molar-refractivity contribution is -0.133. The van der Waals surface area contributed by atoms with Crippen LogP contribution in [-0.2, 0) is 4.79 Å². The summed E-state index contributed by atoms with van der Waals surface area (Å²) >= 11 is 0. The van der Waals surface area contributed by atoms with Gasteiger partial charge >= 0.3 is 0 Å². The largest absolute Gasteiger partial charge is 0.395 e. The van der Waals surface area contributed by atoms with E-state index in [1.807, 2.05) is 0 Å². The van der Waals surface area contributed by atoms with Crippen molar-refractivity contribution in [2.45, 2.75) is 25.4 Å². The van der Waals surface area contributed by atoms with Gasteiger partial charge in [-0.15, -0.1) is 0 Å². The van der Waals surface area contributed by atoms with Crippen molar-refractivity contribution < 1.29 is 25.0 Å². The second-order valence-electron chi connectivity index (χ2n) is 6.04. The first kappa shape index (κ1) is 22.2. The summed E-state index contributed by atoms with van der Waals surface area (Å²) in [6.45, 7) is 3.13. The van der Waals surface area contributed by atoms with E-state index in [-0.39, 0.29) is 19.8 Å². The predicted octanol–water partition coefficient (Wildman–Crippen LogP) is -1.00. The van der Waals surface area contributed by atoms with E-state index in [2.05, 4.69) is 34.3 Å². The van der Waals surface area contributed by atoms with E-state index in [4.69, 9.17) is 15.4 Å². The van der Waals surface area contributed by atoms with Crippen LogP contribution in [0, 0.1) is 23.7 Å². The van der Waals surface area contributed by atoms with Gasteiger partial charge in [0.2, 0.25) is 0 Å². The zero-order valence-electron chi connectivity index (χ0n) is 15.2. The fourth-order valence-corrected chi connectivity index (χ4v) is 2.22. The van der Waals surface area contributed by atoms with Crippen molar-refractivity contribution in [3.8, 4) is 23.7 Å². The summed E-state index contributed by atoms with van der Waals surface area (Å²) in [5.41, 5.74) is 1.55. The number of aliphatic hydroxyl groups is 2. The monoisotopic (exact) mass is 373 g/mol. The van der Waals surface area contributed by atoms with Crippen LogP contribution in [0.3, 0.4) is 0 Å². The minimum absolute atomic E-state index is 0.143. The first-order valence-corrected chi connectivity index (χ1v) is 8.16. The molecular formula is C19H23N3O5. The van der Waals surface area contributed by atoms with Crippen LogP contribution in [0.2, 0.25) is 0 Å². The van der Waals surface area contributed by atoms with Crippen molar-refractivity contribution in [2.75, 3.05) is 19.8 Å². The topological polar surface area (TPSA) is 131 Å². The molecule has 1 aromatic carbocycles. The minimum atomic E-state index is -1.09. The van der Waals surface area contributed by atoms with Crippen LogP contribution < -0.4 is 16.1 Å². The predicted molar refractivity (Wildman–Crippen MR) is 98.5 cm³/mol. The summed E-state index contributed by atoms with van der Waals surface area (Å²) in [5.74, 6) is 8.90. The molecule has 1 atom stereocenters. The van der Waals surface area contributed by atoms with E-state index < -0.39 is 23.4 Å². The van der Waals surface area contributed by atoms with Gasteiger partial charge in [0.25, 0.3) is 11.8 Å². The van der Waals surface area contributed by atoms with E-state index in [9.17, 15) is 9.59 Å². The van der Waals surface area contributed by atoms with Gasteiger partial charge in [0.15, 0.2) is 0 Å². The lowest BCUT2D eigenvalue weighted by atomic mass is 9.93. The quantitative estimate of drug-likeness (QED) is 0.206. The molecule has 8 nitrogen and oxygen atoms in total. The number of rotatable bonds is 7. The van der Waals surface area contributed by atoms with Crippen LogP contribution in [0.4, 0.5) is 0 Å². The van der Waals surface area contributed by atoms with Gasteiger partial charge in [0, 0.05) is 23.2 Å². The second kappa shape index (κ2) is 11.0. The molecule has 8 heteroatoms. The Bertz CT molecular complexity index is 767. The fourth-order valence-electron chi connectivity index (χ4n) is 2.22. The molecule has 1 unspecified atom stereocenters. The molecule has 0 spiro atoms. The van der Waals surface area contributed by atoms with Gasteiger partial charge in [-0.1, -0.05) is 11.8 Å². The Labute approximate surface area is 157 Å². The van der Waals surface area contributed by atoms with Gasteiger partial charge in [-0.3, -0.25) is 14.8 Å². The lowest BCUT2D eigenvalue weighted by Crippen LogP contribution is -2.63. The summed E-state index contributed by atoms with van der Waals surface area (Å²) in [5, 5.41) is 32.0. The number of nitrogens with one attached hydrogen (secondary N) is 3. The average molecular weight is 373 g/mol. The normalized spacial score (nSPS) is 11.3. The van der Waals surface area contributed by atoms with E-state index in [1.54, 1.807) is 43.6 Å². The summed E-state index contributed by atoms with van der Waals surface area (Å²) in [4.78, 5) is 24.5. The third kappa shape index (κ3) is 7.10. The number of amides is 2. The van der Waals surface area contributed by atoms with Crippen molar-refractivity contribution >= 4 is 11.8 Å². The van der Waals surface area contributed by atoms with Crippen LogP contribution in [0.25, 0.3) is 0 Å². The molecule has 0 aliphatic rings. The Morgan fingerprint density at radius 3 is 2.37 bits per heavy atom. The highest BCUT2D eigenvalue weighted by atomic mass is 16.5. The zero-order chi connectivity index (χ0) is 20.3. The molecule has 1 rings (SSSR count). The smallest absolute Gasteiger partial charge is 0.267 e. The molecule has 0 heterocycles. The molecule has 0 saturated heterocycles. The third-order valence-corrected chi connectivity index (χ3v) is 3.65. The highest BCUT2D eigenvalue weighted by Gasteiger charge is 2.36. The average Bonchev–Trinajstić information content (AvgIpc) is 2.67. The van der Waals surface area contributed by atoms with E-state index in [1.165, 1.54) is 0 Å². The number of carbonyl (C=O) groups excluding carboxylic acids is 2. The number of hydrogen-bond donors (Lipinski definition) is 6. The number of β-amino-alcohol motifs (C(OH)–C–C–N with tert-alkyl or cyclic N) is 1. The summed E-state index contributed by atoms with van der Waals surface area (Å²) < 4.78 is 0. The summed E-state index contributed by atoms with van der Waals surface area (Å²) in [6, 6.07) is 5.24. The Kier molecular flexibility index (Phi) is 9.00. The first-order valence-electron chi connectivity index (χ1n) is 8.16. The van der Waals surface area contributed by atoms with Gasteiger partial charge in [-0.2, -0.15) is 0 Å². The molecular weight excluding hydrogens is 350 g/mol. The lowest BCUT2D eigenvalue weighted by Gasteiger charge is -2.34. The zero-order valence-corrected chi connectivity index (χ0v) is 15.2. The number of hydroxylamine groups is 1. The van der Waals surface area contributed by atoms with E-state index in [0.29, 0.717) is 11.1 Å². The molecule has 0 aromatic heterocycles. The molecule has 2 amide bonds. The number of hydrogen-bond acceptors (Lipinski definition) is 6. The Balaban J connectivity index is 2.91. The SMILES string of the molecule is CC(C)(NCCO)C(NC(=O)c1ccc(C#CC#CCO)cc1)C(=O)NO. The van der Waals surface area contributed by atoms with Crippen LogP contribution in [0.1, 0.15) is 29.8 Å². The maximum absolute atomic E-state index is 12.5. The first-order chi connectivity index (χ1) is 12.9. The standard InChI is InChI=1S/C19H23N3O5/c1-19(2,20-11-13-24)16(18(26)22-27)21-17(25)15-9-7-14(8-10-15)6-4-3-5-12-23/h7-10,16,20,23-24,27H,11-13H2,1-2H3,(H,21,25)(H,22,26). The highest BCUT2D eigenvalue weighted by molar-refractivity contribution is 5.97. The Morgan fingerprint density at radius 2 is 1.81 bits per heavy atom. The highest BCUT2D eigenvalue weighted by Crippen LogP contribution is 2.11. The molecule has 0 aliphatic heterocycles. The van der Waals surface area contributed by atoms with Crippen LogP contribution in [0.5, 0.6) is 0 Å². The molecule has 0 bridgehead atoms. The molecule has 0 aliphatic carbocycles. The van der Waals surface area contributed by atoms with Crippen molar-refractivity contribution in [3.05, 3.63) is 35.4 Å². The van der Waals surface area contributed by atoms with Crippen molar-refractivity contribution in [3.63, 3.8) is 0 Å². The van der Waals surface area contributed by atoms with Crippen LogP contribution in [-0.4, -0.2) is 58.6 Å². The number of carbonyl (C=O) groups is 2. The van der Waals surface area contributed by atoms with Gasteiger partial charge in [-0.25, -0.2) is 5.48 Å². The molecule has 1 aromatic rings. The van der Waals surface area contributed by atoms with Gasteiger partial charge < -0.3 is 20.8 Å². The van der Waals surface area contributed by atoms with Crippen molar-refractivity contribution in [1.29, 1.82) is 0 Å². The van der Waals surface area contributed by atoms with Gasteiger partial charge in [0.05, 0.1) is 6.61 Å². The number of aliphatic hydroxyl groups excluding tert-OH is 2. The van der Waals surface area contributed by atoms with Crippen LogP contribution >= 0.6 is 0 Å². The summed E-state index contributed by atoms with van der Waals surface area (Å²) in [7, 11) is 0. The van der Waals surface area contributed by atoms with E-state index in [0.717, 1.165) is 0 Å². The van der Waals surface area contributed by atoms with Crippen molar-refractivity contribution in [1.82, 2.24) is 16.1 Å². The Morgan fingerprint density at radius 1 is 1.15 bits per heavy atom.